The van der Waals surface area contributed by atoms with Crippen LogP contribution < -0.4 is 5.32 Å². The first-order chi connectivity index (χ1) is 8.74. The van der Waals surface area contributed by atoms with E-state index in [1.807, 2.05) is 42.5 Å². The molecular formula is C15H12BrNO. The molecule has 3 heteroatoms. The predicted molar refractivity (Wildman–Crippen MR) is 75.7 cm³/mol. The number of fused-ring (bicyclic) bond motifs is 1. The zero-order valence-electron chi connectivity index (χ0n) is 9.69. The van der Waals surface area contributed by atoms with Gasteiger partial charge in [-0.05, 0) is 35.7 Å². The van der Waals surface area contributed by atoms with Crippen molar-refractivity contribution in [3.8, 4) is 0 Å². The normalized spacial score (nSPS) is 18.1. The Bertz CT molecular complexity index is 595. The van der Waals surface area contributed by atoms with Gasteiger partial charge in [-0.1, -0.05) is 46.3 Å². The van der Waals surface area contributed by atoms with Crippen LogP contribution in [0.2, 0.25) is 0 Å². The summed E-state index contributed by atoms with van der Waals surface area (Å²) >= 11 is 3.47. The Morgan fingerprint density at radius 3 is 2.67 bits per heavy atom. The third kappa shape index (κ3) is 2.06. The quantitative estimate of drug-likeness (QED) is 0.854. The van der Waals surface area contributed by atoms with Crippen LogP contribution in [0.5, 0.6) is 0 Å². The van der Waals surface area contributed by atoms with Crippen LogP contribution in [0.1, 0.15) is 17.0 Å². The zero-order valence-corrected chi connectivity index (χ0v) is 11.3. The van der Waals surface area contributed by atoms with Gasteiger partial charge in [-0.3, -0.25) is 4.79 Å². The number of hydrogen-bond acceptors (Lipinski definition) is 1. The van der Waals surface area contributed by atoms with Crippen LogP contribution in [-0.2, 0) is 11.2 Å². The van der Waals surface area contributed by atoms with E-state index in [9.17, 15) is 4.79 Å². The average Bonchev–Trinajstić information content (AvgIpc) is 2.39. The minimum atomic E-state index is -0.0898. The van der Waals surface area contributed by atoms with Gasteiger partial charge in [0.15, 0.2) is 0 Å². The molecule has 18 heavy (non-hydrogen) atoms. The highest BCUT2D eigenvalue weighted by atomic mass is 79.9. The monoisotopic (exact) mass is 301 g/mol. The molecule has 0 unspecified atom stereocenters. The summed E-state index contributed by atoms with van der Waals surface area (Å²) in [6.07, 6.45) is 0.755. The van der Waals surface area contributed by atoms with Crippen molar-refractivity contribution in [2.75, 3.05) is 5.32 Å². The second-order valence-electron chi connectivity index (χ2n) is 4.46. The maximum Gasteiger partial charge on any atom is 0.232 e. The lowest BCUT2D eigenvalue weighted by Crippen LogP contribution is -2.28. The lowest BCUT2D eigenvalue weighted by atomic mass is 9.87. The molecule has 1 amide bonds. The summed E-state index contributed by atoms with van der Waals surface area (Å²) in [6, 6.07) is 15.9. The standard InChI is InChI=1S/C15H12BrNO/c16-12-6-7-14-11(8-12)9-13(15(18)17-14)10-4-2-1-3-5-10/h1-8,13H,9H2,(H,17,18)/t13-/m1/s1. The van der Waals surface area contributed by atoms with E-state index >= 15 is 0 Å². The van der Waals surface area contributed by atoms with E-state index < -0.39 is 0 Å². The largest absolute Gasteiger partial charge is 0.325 e. The third-order valence-electron chi connectivity index (χ3n) is 3.27. The van der Waals surface area contributed by atoms with Crippen LogP contribution in [0.4, 0.5) is 5.69 Å². The second-order valence-corrected chi connectivity index (χ2v) is 5.37. The van der Waals surface area contributed by atoms with Crippen LogP contribution >= 0.6 is 15.9 Å². The molecule has 2 aromatic rings. The summed E-state index contributed by atoms with van der Waals surface area (Å²) in [7, 11) is 0. The molecule has 2 nitrogen and oxygen atoms in total. The SMILES string of the molecule is O=C1Nc2ccc(Br)cc2C[C@@H]1c1ccccc1. The summed E-state index contributed by atoms with van der Waals surface area (Å²) in [5, 5.41) is 2.98. The summed E-state index contributed by atoms with van der Waals surface area (Å²) in [5.74, 6) is -0.0102. The molecule has 0 spiro atoms. The van der Waals surface area contributed by atoms with Crippen molar-refractivity contribution in [3.63, 3.8) is 0 Å². The van der Waals surface area contributed by atoms with Crippen molar-refractivity contribution in [2.45, 2.75) is 12.3 Å². The molecule has 1 aliphatic heterocycles. The first kappa shape index (κ1) is 11.5. The Morgan fingerprint density at radius 2 is 1.89 bits per heavy atom. The smallest absolute Gasteiger partial charge is 0.232 e. The van der Waals surface area contributed by atoms with Gasteiger partial charge in [0, 0.05) is 10.2 Å². The number of anilines is 1. The first-order valence-corrected chi connectivity index (χ1v) is 6.67. The zero-order chi connectivity index (χ0) is 12.5. The topological polar surface area (TPSA) is 29.1 Å². The molecule has 0 radical (unpaired) electrons. The van der Waals surface area contributed by atoms with Gasteiger partial charge in [-0.15, -0.1) is 0 Å². The highest BCUT2D eigenvalue weighted by molar-refractivity contribution is 9.10. The van der Waals surface area contributed by atoms with Gasteiger partial charge < -0.3 is 5.32 Å². The minimum Gasteiger partial charge on any atom is -0.325 e. The minimum absolute atomic E-state index is 0.0797. The fraction of sp³-hybridized carbons (Fsp3) is 0.133. The summed E-state index contributed by atoms with van der Waals surface area (Å²) in [5.41, 5.74) is 3.17. The Kier molecular flexibility index (Phi) is 2.92. The molecule has 0 saturated heterocycles. The molecule has 2 aromatic carbocycles. The Balaban J connectivity index is 1.99. The molecule has 0 aromatic heterocycles. The van der Waals surface area contributed by atoms with E-state index in [-0.39, 0.29) is 11.8 Å². The Morgan fingerprint density at radius 1 is 1.11 bits per heavy atom. The van der Waals surface area contributed by atoms with Gasteiger partial charge in [-0.25, -0.2) is 0 Å². The number of carbonyl (C=O) groups excluding carboxylic acids is 1. The van der Waals surface area contributed by atoms with Gasteiger partial charge in [0.05, 0.1) is 5.92 Å². The molecule has 1 N–H and O–H groups in total. The van der Waals surface area contributed by atoms with Gasteiger partial charge in [0.1, 0.15) is 0 Å². The van der Waals surface area contributed by atoms with Crippen LogP contribution in [0.25, 0.3) is 0 Å². The second kappa shape index (κ2) is 4.58. The predicted octanol–water partition coefficient (Wildman–Crippen LogP) is 3.73. The van der Waals surface area contributed by atoms with Crippen LogP contribution in [0.15, 0.2) is 53.0 Å². The number of carbonyl (C=O) groups is 1. The third-order valence-corrected chi connectivity index (χ3v) is 3.76. The van der Waals surface area contributed by atoms with Crippen molar-refractivity contribution in [1.82, 2.24) is 0 Å². The summed E-state index contributed by atoms with van der Waals surface area (Å²) in [4.78, 5) is 12.1. The lowest BCUT2D eigenvalue weighted by Gasteiger charge is -2.25. The average molecular weight is 302 g/mol. The van der Waals surface area contributed by atoms with E-state index in [1.165, 1.54) is 5.56 Å². The number of amides is 1. The molecular weight excluding hydrogens is 290 g/mol. The van der Waals surface area contributed by atoms with Crippen molar-refractivity contribution >= 4 is 27.5 Å². The lowest BCUT2D eigenvalue weighted by molar-refractivity contribution is -0.117. The molecule has 3 rings (SSSR count). The van der Waals surface area contributed by atoms with E-state index in [1.54, 1.807) is 0 Å². The summed E-state index contributed by atoms with van der Waals surface area (Å²) in [6.45, 7) is 0. The fourth-order valence-corrected chi connectivity index (χ4v) is 2.75. The number of hydrogen-bond donors (Lipinski definition) is 1. The highest BCUT2D eigenvalue weighted by Crippen LogP contribution is 2.32. The van der Waals surface area contributed by atoms with Crippen molar-refractivity contribution in [1.29, 1.82) is 0 Å². The Hall–Kier alpha value is -1.61. The van der Waals surface area contributed by atoms with E-state index in [0.717, 1.165) is 22.1 Å². The van der Waals surface area contributed by atoms with Crippen molar-refractivity contribution in [2.24, 2.45) is 0 Å². The van der Waals surface area contributed by atoms with E-state index in [2.05, 4.69) is 27.3 Å². The molecule has 1 heterocycles. The first-order valence-electron chi connectivity index (χ1n) is 5.88. The van der Waals surface area contributed by atoms with E-state index in [4.69, 9.17) is 0 Å². The van der Waals surface area contributed by atoms with Crippen molar-refractivity contribution in [3.05, 3.63) is 64.1 Å². The molecule has 0 fully saturated rings. The fourth-order valence-electron chi connectivity index (χ4n) is 2.34. The molecule has 0 aliphatic carbocycles. The van der Waals surface area contributed by atoms with Crippen LogP contribution in [0.3, 0.4) is 0 Å². The van der Waals surface area contributed by atoms with Gasteiger partial charge in [0.25, 0.3) is 0 Å². The van der Waals surface area contributed by atoms with Gasteiger partial charge >= 0.3 is 0 Å². The molecule has 90 valence electrons. The van der Waals surface area contributed by atoms with E-state index in [0.29, 0.717) is 0 Å². The molecule has 1 atom stereocenters. The van der Waals surface area contributed by atoms with Crippen LogP contribution in [0, 0.1) is 0 Å². The molecule has 1 aliphatic rings. The molecule has 0 saturated carbocycles. The van der Waals surface area contributed by atoms with Crippen LogP contribution in [-0.4, -0.2) is 5.91 Å². The maximum absolute atomic E-state index is 12.1. The highest BCUT2D eigenvalue weighted by Gasteiger charge is 2.27. The number of nitrogens with one attached hydrogen (secondary N) is 1. The number of benzene rings is 2. The number of halogens is 1. The maximum atomic E-state index is 12.1. The van der Waals surface area contributed by atoms with Crippen molar-refractivity contribution < 1.29 is 4.79 Å². The summed E-state index contributed by atoms with van der Waals surface area (Å²) < 4.78 is 1.05. The number of rotatable bonds is 1. The van der Waals surface area contributed by atoms with Gasteiger partial charge in [0.2, 0.25) is 5.91 Å². The van der Waals surface area contributed by atoms with Gasteiger partial charge in [-0.2, -0.15) is 0 Å². The Labute approximate surface area is 114 Å². The molecule has 0 bridgehead atoms.